The highest BCUT2D eigenvalue weighted by Crippen LogP contribution is 2.19. The van der Waals surface area contributed by atoms with E-state index in [1.54, 1.807) is 0 Å². The highest BCUT2D eigenvalue weighted by Gasteiger charge is 2.14. The van der Waals surface area contributed by atoms with Crippen LogP contribution >= 0.6 is 0 Å². The molecule has 1 heteroatoms. The van der Waals surface area contributed by atoms with Gasteiger partial charge in [-0.3, -0.25) is 0 Å². The Hall–Kier alpha value is -1.08. The molecule has 1 nitrogen and oxygen atoms in total. The van der Waals surface area contributed by atoms with E-state index in [1.165, 1.54) is 43.5 Å². The van der Waals surface area contributed by atoms with Gasteiger partial charge in [-0.1, -0.05) is 36.9 Å². The van der Waals surface area contributed by atoms with E-state index in [4.69, 9.17) is 0 Å². The molecule has 0 aliphatic carbocycles. The lowest BCUT2D eigenvalue weighted by Gasteiger charge is -2.23. The Morgan fingerprint density at radius 1 is 1.40 bits per heavy atom. The summed E-state index contributed by atoms with van der Waals surface area (Å²) in [5.74, 6) is 0.805. The molecule has 1 aromatic carbocycles. The predicted molar refractivity (Wildman–Crippen MR) is 65.8 cm³/mol. The van der Waals surface area contributed by atoms with Crippen LogP contribution in [0.5, 0.6) is 0 Å². The first-order chi connectivity index (χ1) is 7.40. The van der Waals surface area contributed by atoms with Crippen LogP contribution in [0.25, 0.3) is 6.08 Å². The van der Waals surface area contributed by atoms with E-state index in [0.29, 0.717) is 0 Å². The van der Waals surface area contributed by atoms with Crippen LogP contribution in [0.4, 0.5) is 0 Å². The third kappa shape index (κ3) is 2.69. The zero-order valence-electron chi connectivity index (χ0n) is 9.21. The minimum Gasteiger partial charge on any atom is -0.316 e. The van der Waals surface area contributed by atoms with Crippen molar-refractivity contribution in [3.8, 4) is 0 Å². The number of benzene rings is 1. The fourth-order valence-corrected chi connectivity index (χ4v) is 2.33. The van der Waals surface area contributed by atoms with E-state index in [2.05, 4.69) is 36.2 Å². The monoisotopic (exact) mass is 201 g/mol. The van der Waals surface area contributed by atoms with Crippen molar-refractivity contribution in [1.29, 1.82) is 0 Å². The summed E-state index contributed by atoms with van der Waals surface area (Å²) in [6.45, 7) is 6.24. The van der Waals surface area contributed by atoms with Crippen LogP contribution in [0.2, 0.25) is 0 Å². The predicted octanol–water partition coefficient (Wildman–Crippen LogP) is 2.87. The van der Waals surface area contributed by atoms with Gasteiger partial charge < -0.3 is 5.32 Å². The smallest absolute Gasteiger partial charge is 0.00173 e. The maximum Gasteiger partial charge on any atom is -0.00173 e. The average molecular weight is 201 g/mol. The summed E-state index contributed by atoms with van der Waals surface area (Å²) in [7, 11) is 0. The SMILES string of the molecule is C=Cc1ccccc1CC1CCCNC1. The van der Waals surface area contributed by atoms with Crippen molar-refractivity contribution in [3.05, 3.63) is 42.0 Å². The quantitative estimate of drug-likeness (QED) is 0.793. The molecule has 1 aliphatic rings. The van der Waals surface area contributed by atoms with Crippen LogP contribution in [-0.2, 0) is 6.42 Å². The second-order valence-corrected chi connectivity index (χ2v) is 4.32. The molecular formula is C14H19N. The molecule has 1 aromatic rings. The molecule has 0 bridgehead atoms. The van der Waals surface area contributed by atoms with Crippen molar-refractivity contribution in [2.75, 3.05) is 13.1 Å². The van der Waals surface area contributed by atoms with Crippen molar-refractivity contribution in [1.82, 2.24) is 5.32 Å². The van der Waals surface area contributed by atoms with Crippen LogP contribution in [0.1, 0.15) is 24.0 Å². The maximum absolute atomic E-state index is 3.87. The van der Waals surface area contributed by atoms with E-state index in [-0.39, 0.29) is 0 Å². The minimum atomic E-state index is 0.805. The first-order valence-corrected chi connectivity index (χ1v) is 5.81. The molecule has 1 heterocycles. The Morgan fingerprint density at radius 2 is 2.27 bits per heavy atom. The Kier molecular flexibility index (Phi) is 3.57. The summed E-state index contributed by atoms with van der Waals surface area (Å²) in [4.78, 5) is 0. The zero-order valence-corrected chi connectivity index (χ0v) is 9.21. The third-order valence-corrected chi connectivity index (χ3v) is 3.18. The second kappa shape index (κ2) is 5.13. The Morgan fingerprint density at radius 3 is 3.00 bits per heavy atom. The fraction of sp³-hybridized carbons (Fsp3) is 0.429. The van der Waals surface area contributed by atoms with Crippen LogP contribution < -0.4 is 5.32 Å². The van der Waals surface area contributed by atoms with E-state index >= 15 is 0 Å². The molecule has 0 radical (unpaired) electrons. The maximum atomic E-state index is 3.87. The topological polar surface area (TPSA) is 12.0 Å². The number of hydrogen-bond acceptors (Lipinski definition) is 1. The van der Waals surface area contributed by atoms with Crippen LogP contribution in [0.3, 0.4) is 0 Å². The van der Waals surface area contributed by atoms with Crippen LogP contribution in [0, 0.1) is 5.92 Å². The molecule has 0 spiro atoms. The Bertz CT molecular complexity index is 324. The Labute approximate surface area is 92.2 Å². The van der Waals surface area contributed by atoms with Gasteiger partial charge in [-0.15, -0.1) is 0 Å². The molecule has 0 amide bonds. The molecule has 1 N–H and O–H groups in total. The highest BCUT2D eigenvalue weighted by atomic mass is 14.9. The second-order valence-electron chi connectivity index (χ2n) is 4.32. The minimum absolute atomic E-state index is 0.805. The fourth-order valence-electron chi connectivity index (χ4n) is 2.33. The molecule has 0 aromatic heterocycles. The van der Waals surface area contributed by atoms with Crippen molar-refractivity contribution in [2.24, 2.45) is 5.92 Å². The van der Waals surface area contributed by atoms with Gasteiger partial charge in [0.05, 0.1) is 0 Å². The molecule has 15 heavy (non-hydrogen) atoms. The summed E-state index contributed by atoms with van der Waals surface area (Å²) in [6.07, 6.45) is 5.83. The molecule has 2 rings (SSSR count). The molecule has 1 atom stereocenters. The van der Waals surface area contributed by atoms with Gasteiger partial charge in [-0.05, 0) is 49.4 Å². The van der Waals surface area contributed by atoms with Gasteiger partial charge in [-0.2, -0.15) is 0 Å². The van der Waals surface area contributed by atoms with Crippen molar-refractivity contribution in [3.63, 3.8) is 0 Å². The largest absolute Gasteiger partial charge is 0.316 e. The highest BCUT2D eigenvalue weighted by molar-refractivity contribution is 5.51. The van der Waals surface area contributed by atoms with E-state index in [1.807, 2.05) is 6.08 Å². The van der Waals surface area contributed by atoms with Gasteiger partial charge >= 0.3 is 0 Å². The van der Waals surface area contributed by atoms with Crippen LogP contribution in [-0.4, -0.2) is 13.1 Å². The van der Waals surface area contributed by atoms with Crippen molar-refractivity contribution in [2.45, 2.75) is 19.3 Å². The van der Waals surface area contributed by atoms with Gasteiger partial charge in [0.15, 0.2) is 0 Å². The molecule has 1 saturated heterocycles. The lowest BCUT2D eigenvalue weighted by atomic mass is 9.90. The van der Waals surface area contributed by atoms with E-state index in [0.717, 1.165) is 5.92 Å². The van der Waals surface area contributed by atoms with Crippen LogP contribution in [0.15, 0.2) is 30.8 Å². The van der Waals surface area contributed by atoms with Gasteiger partial charge in [0.1, 0.15) is 0 Å². The Balaban J connectivity index is 2.05. The summed E-state index contributed by atoms with van der Waals surface area (Å²) in [6, 6.07) is 8.59. The standard InChI is InChI=1S/C14H19N/c1-2-13-7-3-4-8-14(13)10-12-6-5-9-15-11-12/h2-4,7-8,12,15H,1,5-6,9-11H2. The van der Waals surface area contributed by atoms with E-state index in [9.17, 15) is 0 Å². The van der Waals surface area contributed by atoms with E-state index < -0.39 is 0 Å². The van der Waals surface area contributed by atoms with Crippen molar-refractivity contribution < 1.29 is 0 Å². The lowest BCUT2D eigenvalue weighted by Crippen LogP contribution is -2.30. The molecule has 1 fully saturated rings. The van der Waals surface area contributed by atoms with Gasteiger partial charge in [-0.25, -0.2) is 0 Å². The van der Waals surface area contributed by atoms with Gasteiger partial charge in [0.2, 0.25) is 0 Å². The molecule has 80 valence electrons. The van der Waals surface area contributed by atoms with Gasteiger partial charge in [0.25, 0.3) is 0 Å². The first-order valence-electron chi connectivity index (χ1n) is 5.81. The zero-order chi connectivity index (χ0) is 10.5. The number of nitrogens with one attached hydrogen (secondary N) is 1. The number of hydrogen-bond donors (Lipinski definition) is 1. The summed E-state index contributed by atoms with van der Waals surface area (Å²) < 4.78 is 0. The molecule has 0 saturated carbocycles. The number of piperidine rings is 1. The normalized spacial score (nSPS) is 21.2. The number of rotatable bonds is 3. The summed E-state index contributed by atoms with van der Waals surface area (Å²) >= 11 is 0. The molecule has 1 aliphatic heterocycles. The molecule has 1 unspecified atom stereocenters. The third-order valence-electron chi connectivity index (χ3n) is 3.18. The van der Waals surface area contributed by atoms with Gasteiger partial charge in [0, 0.05) is 0 Å². The molecular weight excluding hydrogens is 182 g/mol. The lowest BCUT2D eigenvalue weighted by molar-refractivity contribution is 0.376. The summed E-state index contributed by atoms with van der Waals surface area (Å²) in [5, 5.41) is 3.47. The summed E-state index contributed by atoms with van der Waals surface area (Å²) in [5.41, 5.74) is 2.74. The average Bonchev–Trinajstić information content (AvgIpc) is 2.31. The first kappa shape index (κ1) is 10.4. The van der Waals surface area contributed by atoms with Crippen molar-refractivity contribution >= 4 is 6.08 Å².